The van der Waals surface area contributed by atoms with Crippen LogP contribution in [0.4, 0.5) is 4.79 Å². The number of benzene rings is 1. The molecule has 0 aliphatic carbocycles. The molecule has 1 aromatic carbocycles. The lowest BCUT2D eigenvalue weighted by Gasteiger charge is -2.32. The summed E-state index contributed by atoms with van der Waals surface area (Å²) >= 11 is 0. The van der Waals surface area contributed by atoms with Gasteiger partial charge >= 0.3 is 6.09 Å². The van der Waals surface area contributed by atoms with Crippen LogP contribution in [0.25, 0.3) is 0 Å². The Hall–Kier alpha value is -4.22. The standard InChI is InChI=1S/C33H49N5O7/c1-8-14-23(27(39)30(42)34-18-9-2)35-29(41)25-17-13-19-38(25)31(43)26(21(3)4)37-28(40)24(20-22-15-11-10-12-16-22)36-32(44)45-33(5,6)7/h9-12,15-16,21,23-26H,2,8,13-14,17-20H2,1,3-7H3,(H,34,42)(H,35,41)(H,36,44)(H,37,40)/t23?,24-,25-,26-/m0/s1. The van der Waals surface area contributed by atoms with Gasteiger partial charge in [-0.05, 0) is 51.5 Å². The van der Waals surface area contributed by atoms with Gasteiger partial charge in [-0.1, -0.05) is 63.6 Å². The van der Waals surface area contributed by atoms with Crippen LogP contribution in [-0.4, -0.2) is 83.3 Å². The van der Waals surface area contributed by atoms with E-state index in [0.717, 1.165) is 5.56 Å². The molecule has 0 bridgehead atoms. The molecule has 12 heteroatoms. The Bertz CT molecular complexity index is 1210. The van der Waals surface area contributed by atoms with E-state index in [1.54, 1.807) is 34.6 Å². The Morgan fingerprint density at radius 1 is 1.02 bits per heavy atom. The average Bonchev–Trinajstić information content (AvgIpc) is 3.47. The lowest BCUT2D eigenvalue weighted by molar-refractivity contribution is -0.144. The Balaban J connectivity index is 2.22. The maximum atomic E-state index is 13.9. The van der Waals surface area contributed by atoms with Crippen molar-refractivity contribution < 1.29 is 33.5 Å². The molecule has 45 heavy (non-hydrogen) atoms. The molecule has 1 saturated heterocycles. The lowest BCUT2D eigenvalue weighted by Crippen LogP contribution is -2.59. The number of carbonyl (C=O) groups excluding carboxylic acids is 6. The van der Waals surface area contributed by atoms with Crippen LogP contribution in [0.2, 0.25) is 0 Å². The molecule has 2 rings (SSSR count). The van der Waals surface area contributed by atoms with E-state index in [-0.39, 0.29) is 31.8 Å². The van der Waals surface area contributed by atoms with Crippen LogP contribution in [-0.2, 0) is 35.1 Å². The van der Waals surface area contributed by atoms with E-state index in [4.69, 9.17) is 4.74 Å². The second kappa shape index (κ2) is 17.3. The number of nitrogens with zero attached hydrogens (tertiary/aromatic N) is 1. The molecule has 0 spiro atoms. The number of Topliss-reactive ketones (excluding diaryl/α,β-unsaturated/α-hetero) is 1. The summed E-state index contributed by atoms with van der Waals surface area (Å²) in [5.74, 6) is -3.50. The number of hydrogen-bond donors (Lipinski definition) is 4. The minimum absolute atomic E-state index is 0.115. The highest BCUT2D eigenvalue weighted by Gasteiger charge is 2.40. The van der Waals surface area contributed by atoms with Crippen LogP contribution in [0.15, 0.2) is 43.0 Å². The second-order valence-electron chi connectivity index (χ2n) is 12.5. The third-order valence-electron chi connectivity index (χ3n) is 7.20. The monoisotopic (exact) mass is 627 g/mol. The van der Waals surface area contributed by atoms with Crippen molar-refractivity contribution in [2.24, 2.45) is 5.92 Å². The van der Waals surface area contributed by atoms with Crippen LogP contribution in [0, 0.1) is 5.92 Å². The van der Waals surface area contributed by atoms with E-state index in [1.165, 1.54) is 11.0 Å². The third-order valence-corrected chi connectivity index (χ3v) is 7.20. The average molecular weight is 628 g/mol. The number of carbonyl (C=O) groups is 6. The maximum Gasteiger partial charge on any atom is 0.408 e. The number of ketones is 1. The Morgan fingerprint density at radius 3 is 2.27 bits per heavy atom. The molecule has 1 aliphatic heterocycles. The molecule has 1 fully saturated rings. The molecule has 0 aromatic heterocycles. The second-order valence-corrected chi connectivity index (χ2v) is 12.5. The minimum atomic E-state index is -1.04. The smallest absolute Gasteiger partial charge is 0.408 e. The largest absolute Gasteiger partial charge is 0.444 e. The normalized spacial score (nSPS) is 16.6. The van der Waals surface area contributed by atoms with Crippen molar-refractivity contribution in [2.45, 2.75) is 103 Å². The van der Waals surface area contributed by atoms with Crippen LogP contribution >= 0.6 is 0 Å². The summed E-state index contributed by atoms with van der Waals surface area (Å²) in [5, 5.41) is 10.6. The Morgan fingerprint density at radius 2 is 1.69 bits per heavy atom. The summed E-state index contributed by atoms with van der Waals surface area (Å²) in [5.41, 5.74) is 0.0160. The first-order valence-electron chi connectivity index (χ1n) is 15.6. The quantitative estimate of drug-likeness (QED) is 0.171. The van der Waals surface area contributed by atoms with E-state index in [1.807, 2.05) is 37.3 Å². The van der Waals surface area contributed by atoms with Gasteiger partial charge in [0.25, 0.3) is 5.91 Å². The lowest BCUT2D eigenvalue weighted by atomic mass is 10.00. The van der Waals surface area contributed by atoms with Crippen molar-refractivity contribution in [2.75, 3.05) is 13.1 Å². The van der Waals surface area contributed by atoms with Crippen molar-refractivity contribution in [3.05, 3.63) is 48.6 Å². The van der Waals surface area contributed by atoms with Gasteiger partial charge in [0.1, 0.15) is 23.7 Å². The molecule has 248 valence electrons. The van der Waals surface area contributed by atoms with E-state index < -0.39 is 65.3 Å². The fourth-order valence-electron chi connectivity index (χ4n) is 4.99. The Kier molecular flexibility index (Phi) is 14.2. The fourth-order valence-corrected chi connectivity index (χ4v) is 4.99. The highest BCUT2D eigenvalue weighted by atomic mass is 16.6. The van der Waals surface area contributed by atoms with Crippen molar-refractivity contribution in [1.82, 2.24) is 26.2 Å². The summed E-state index contributed by atoms with van der Waals surface area (Å²) < 4.78 is 5.37. The summed E-state index contributed by atoms with van der Waals surface area (Å²) in [6.45, 7) is 14.4. The van der Waals surface area contributed by atoms with Gasteiger partial charge in [-0.25, -0.2) is 4.79 Å². The zero-order chi connectivity index (χ0) is 33.7. The summed E-state index contributed by atoms with van der Waals surface area (Å²) in [4.78, 5) is 80.0. The number of ether oxygens (including phenoxy) is 1. The predicted molar refractivity (Wildman–Crippen MR) is 170 cm³/mol. The number of hydrogen-bond acceptors (Lipinski definition) is 7. The molecule has 1 aromatic rings. The van der Waals surface area contributed by atoms with Crippen molar-refractivity contribution in [1.29, 1.82) is 0 Å². The SMILES string of the molecule is C=CCNC(=O)C(=O)C(CCC)NC(=O)[C@@H]1CCCN1C(=O)[C@@H](NC(=O)[C@H](Cc1ccccc1)NC(=O)OC(C)(C)C)C(C)C. The number of amides is 5. The molecule has 1 unspecified atom stereocenters. The molecule has 4 N–H and O–H groups in total. The fraction of sp³-hybridized carbons (Fsp3) is 0.576. The van der Waals surface area contributed by atoms with Gasteiger partial charge in [-0.15, -0.1) is 6.58 Å². The van der Waals surface area contributed by atoms with Gasteiger partial charge in [0.2, 0.25) is 23.5 Å². The van der Waals surface area contributed by atoms with Gasteiger partial charge in [-0.3, -0.25) is 24.0 Å². The highest BCUT2D eigenvalue weighted by molar-refractivity contribution is 6.38. The first-order chi connectivity index (χ1) is 21.2. The molecular formula is C33H49N5O7. The number of alkyl carbamates (subject to hydrolysis) is 1. The molecule has 0 saturated carbocycles. The van der Waals surface area contributed by atoms with E-state index >= 15 is 0 Å². The van der Waals surface area contributed by atoms with Crippen molar-refractivity contribution >= 4 is 35.5 Å². The molecule has 5 amide bonds. The number of likely N-dealkylation sites (tertiary alicyclic amines) is 1. The molecule has 4 atom stereocenters. The van der Waals surface area contributed by atoms with Gasteiger partial charge in [0.15, 0.2) is 0 Å². The maximum absolute atomic E-state index is 13.9. The first kappa shape index (κ1) is 37.0. The van der Waals surface area contributed by atoms with Crippen LogP contribution in [0.1, 0.15) is 72.8 Å². The zero-order valence-corrected chi connectivity index (χ0v) is 27.3. The molecular weight excluding hydrogens is 578 g/mol. The zero-order valence-electron chi connectivity index (χ0n) is 27.3. The van der Waals surface area contributed by atoms with Gasteiger partial charge in [0, 0.05) is 19.5 Å². The summed E-state index contributed by atoms with van der Waals surface area (Å²) in [7, 11) is 0. The number of rotatable bonds is 15. The first-order valence-corrected chi connectivity index (χ1v) is 15.6. The summed E-state index contributed by atoms with van der Waals surface area (Å²) in [6, 6.07) is 5.19. The van der Waals surface area contributed by atoms with Crippen molar-refractivity contribution in [3.63, 3.8) is 0 Å². The summed E-state index contributed by atoms with van der Waals surface area (Å²) in [6.07, 6.45) is 2.55. The molecule has 12 nitrogen and oxygen atoms in total. The van der Waals surface area contributed by atoms with Crippen LogP contribution < -0.4 is 21.3 Å². The van der Waals surface area contributed by atoms with Gasteiger partial charge in [0.05, 0.1) is 6.04 Å². The van der Waals surface area contributed by atoms with Crippen LogP contribution in [0.5, 0.6) is 0 Å². The van der Waals surface area contributed by atoms with E-state index in [0.29, 0.717) is 19.3 Å². The van der Waals surface area contributed by atoms with E-state index in [2.05, 4.69) is 27.8 Å². The van der Waals surface area contributed by atoms with Crippen LogP contribution in [0.3, 0.4) is 0 Å². The topological polar surface area (TPSA) is 163 Å². The predicted octanol–water partition coefficient (Wildman–Crippen LogP) is 2.41. The third kappa shape index (κ3) is 11.7. The van der Waals surface area contributed by atoms with Crippen molar-refractivity contribution in [3.8, 4) is 0 Å². The molecule has 0 radical (unpaired) electrons. The molecule has 1 heterocycles. The van der Waals surface area contributed by atoms with Gasteiger partial charge < -0.3 is 30.9 Å². The Labute approximate surface area is 266 Å². The minimum Gasteiger partial charge on any atom is -0.444 e. The highest BCUT2D eigenvalue weighted by Crippen LogP contribution is 2.21. The number of nitrogens with one attached hydrogen (secondary N) is 4. The van der Waals surface area contributed by atoms with Gasteiger partial charge in [-0.2, -0.15) is 0 Å². The van der Waals surface area contributed by atoms with E-state index in [9.17, 15) is 28.8 Å². The molecule has 1 aliphatic rings.